The van der Waals surface area contributed by atoms with Crippen molar-refractivity contribution in [3.05, 3.63) is 47.5 Å². The third-order valence-electron chi connectivity index (χ3n) is 3.36. The Bertz CT molecular complexity index is 564. The van der Waals surface area contributed by atoms with E-state index < -0.39 is 13.3 Å². The predicted molar refractivity (Wildman–Crippen MR) is 94.3 cm³/mol. The zero-order chi connectivity index (χ0) is 17.3. The summed E-state index contributed by atoms with van der Waals surface area (Å²) in [6, 6.07) is 9.90. The topological polar surface area (TPSA) is 63.6 Å². The molecule has 1 unspecified atom stereocenters. The molecule has 0 spiro atoms. The van der Waals surface area contributed by atoms with Crippen LogP contribution < -0.4 is 0 Å². The van der Waals surface area contributed by atoms with Gasteiger partial charge in [-0.1, -0.05) is 50.3 Å². The van der Waals surface area contributed by atoms with Gasteiger partial charge in [-0.3, -0.25) is 4.57 Å². The van der Waals surface area contributed by atoms with Crippen molar-refractivity contribution in [3.8, 4) is 0 Å². The number of carboxylic acid groups (broad SMARTS) is 1. The Kier molecular flexibility index (Phi) is 8.29. The number of hydrogen-bond donors (Lipinski definition) is 1. The van der Waals surface area contributed by atoms with Crippen LogP contribution in [0.25, 0.3) is 0 Å². The van der Waals surface area contributed by atoms with Crippen LogP contribution in [0, 0.1) is 5.92 Å². The van der Waals surface area contributed by atoms with E-state index in [9.17, 15) is 14.5 Å². The molecule has 5 heteroatoms. The molecule has 0 saturated carbocycles. The van der Waals surface area contributed by atoms with Crippen molar-refractivity contribution in [2.24, 2.45) is 5.92 Å². The van der Waals surface area contributed by atoms with Gasteiger partial charge in [0, 0.05) is 11.7 Å². The molecule has 0 aliphatic carbocycles. The first-order valence-corrected chi connectivity index (χ1v) is 10.0. The van der Waals surface area contributed by atoms with Gasteiger partial charge in [-0.05, 0) is 31.2 Å². The fourth-order valence-corrected chi connectivity index (χ4v) is 5.18. The third-order valence-corrected chi connectivity index (χ3v) is 6.20. The summed E-state index contributed by atoms with van der Waals surface area (Å²) < 4.78 is 18.3. The van der Waals surface area contributed by atoms with Crippen molar-refractivity contribution >= 4 is 13.3 Å². The second-order valence-electron chi connectivity index (χ2n) is 6.03. The Morgan fingerprint density at radius 2 is 1.96 bits per heavy atom. The molecule has 0 aliphatic heterocycles. The molecular formula is C18H27O4P. The molecule has 0 bridgehead atoms. The van der Waals surface area contributed by atoms with E-state index in [0.717, 1.165) is 12.0 Å². The smallest absolute Gasteiger partial charge is 0.331 e. The van der Waals surface area contributed by atoms with Crippen molar-refractivity contribution in [1.29, 1.82) is 0 Å². The molecular weight excluding hydrogens is 311 g/mol. The van der Waals surface area contributed by atoms with E-state index in [1.165, 1.54) is 0 Å². The van der Waals surface area contributed by atoms with Gasteiger partial charge < -0.3 is 9.63 Å². The first-order chi connectivity index (χ1) is 10.9. The lowest BCUT2D eigenvalue weighted by Crippen LogP contribution is -2.12. The first kappa shape index (κ1) is 19.7. The zero-order valence-electron chi connectivity index (χ0n) is 14.2. The lowest BCUT2D eigenvalue weighted by Gasteiger charge is -2.20. The number of carboxylic acids is 1. The van der Waals surface area contributed by atoms with Crippen LogP contribution in [-0.4, -0.2) is 30.0 Å². The minimum atomic E-state index is -2.95. The summed E-state index contributed by atoms with van der Waals surface area (Å²) in [7, 11) is -2.95. The minimum Gasteiger partial charge on any atom is -0.478 e. The van der Waals surface area contributed by atoms with E-state index in [2.05, 4.69) is 0 Å². The van der Waals surface area contributed by atoms with E-state index in [0.29, 0.717) is 19.2 Å². The van der Waals surface area contributed by atoms with E-state index in [1.807, 2.05) is 44.2 Å². The Morgan fingerprint density at radius 3 is 2.48 bits per heavy atom. The van der Waals surface area contributed by atoms with Crippen LogP contribution in [-0.2, 0) is 20.3 Å². The maximum Gasteiger partial charge on any atom is 0.331 e. The molecule has 128 valence electrons. The van der Waals surface area contributed by atoms with Crippen molar-refractivity contribution in [1.82, 2.24) is 0 Å². The highest BCUT2D eigenvalue weighted by Gasteiger charge is 2.27. The number of hydrogen-bond acceptors (Lipinski definition) is 3. The van der Waals surface area contributed by atoms with Gasteiger partial charge in [-0.15, -0.1) is 0 Å². The summed E-state index contributed by atoms with van der Waals surface area (Å²) >= 11 is 0. The second kappa shape index (κ2) is 9.69. The molecule has 1 aromatic rings. The minimum absolute atomic E-state index is 0.00312. The Morgan fingerprint density at radius 1 is 1.30 bits per heavy atom. The Balaban J connectivity index is 2.77. The summed E-state index contributed by atoms with van der Waals surface area (Å²) in [4.78, 5) is 11.5. The van der Waals surface area contributed by atoms with E-state index in [4.69, 9.17) is 4.52 Å². The van der Waals surface area contributed by atoms with Crippen molar-refractivity contribution in [3.63, 3.8) is 0 Å². The van der Waals surface area contributed by atoms with Crippen molar-refractivity contribution in [2.45, 2.75) is 33.6 Å². The van der Waals surface area contributed by atoms with Gasteiger partial charge in [0.25, 0.3) is 0 Å². The average molecular weight is 338 g/mol. The summed E-state index contributed by atoms with van der Waals surface area (Å²) in [6.45, 7) is 6.05. The second-order valence-corrected chi connectivity index (χ2v) is 8.59. The molecule has 0 aliphatic rings. The number of allylic oxidation sites excluding steroid dienone is 1. The third kappa shape index (κ3) is 7.62. The molecule has 0 saturated heterocycles. The molecule has 1 rings (SSSR count). The van der Waals surface area contributed by atoms with Crippen molar-refractivity contribution in [2.75, 3.05) is 18.9 Å². The number of benzene rings is 1. The standard InChI is InChI=1S/C18H27O4P/c1-4-22-23(21,13-15(2)3)14-17(18(19)20)12-8-11-16-9-6-5-7-10-16/h5-7,9-10,12,15H,4,8,11,13-14H2,1-3H3,(H,19,20)/b17-12+. The number of carbonyl (C=O) groups is 1. The average Bonchev–Trinajstić information content (AvgIpc) is 2.46. The fraction of sp³-hybridized carbons (Fsp3) is 0.500. The van der Waals surface area contributed by atoms with Gasteiger partial charge in [0.05, 0.1) is 12.8 Å². The van der Waals surface area contributed by atoms with Crippen LogP contribution in [0.3, 0.4) is 0 Å². The Labute approximate surface area is 139 Å². The maximum absolute atomic E-state index is 12.8. The van der Waals surface area contributed by atoms with Gasteiger partial charge in [-0.2, -0.15) is 0 Å². The van der Waals surface area contributed by atoms with Crippen LogP contribution in [0.4, 0.5) is 0 Å². The molecule has 4 nitrogen and oxygen atoms in total. The summed E-state index contributed by atoms with van der Waals surface area (Å²) in [6.07, 6.45) is 3.47. The molecule has 1 aromatic carbocycles. The van der Waals surface area contributed by atoms with Crippen LogP contribution in [0.5, 0.6) is 0 Å². The fourth-order valence-electron chi connectivity index (χ4n) is 2.49. The van der Waals surface area contributed by atoms with E-state index in [-0.39, 0.29) is 17.7 Å². The van der Waals surface area contributed by atoms with Crippen LogP contribution in [0.15, 0.2) is 42.0 Å². The first-order valence-electron chi connectivity index (χ1n) is 8.05. The van der Waals surface area contributed by atoms with Gasteiger partial charge in [-0.25, -0.2) is 4.79 Å². The lowest BCUT2D eigenvalue weighted by atomic mass is 10.1. The molecule has 0 radical (unpaired) electrons. The van der Waals surface area contributed by atoms with Crippen molar-refractivity contribution < 1.29 is 19.0 Å². The highest BCUT2D eigenvalue weighted by atomic mass is 31.2. The maximum atomic E-state index is 12.8. The number of aliphatic carboxylic acids is 1. The Hall–Kier alpha value is -1.38. The summed E-state index contributed by atoms with van der Waals surface area (Å²) in [5, 5.41) is 9.39. The van der Waals surface area contributed by atoms with Crippen LogP contribution in [0.2, 0.25) is 0 Å². The van der Waals surface area contributed by atoms with Crippen LogP contribution >= 0.6 is 7.37 Å². The number of aryl methyl sites for hydroxylation is 1. The normalized spacial score (nSPS) is 14.7. The highest BCUT2D eigenvalue weighted by molar-refractivity contribution is 7.59. The van der Waals surface area contributed by atoms with Gasteiger partial charge in [0.1, 0.15) is 0 Å². The molecule has 0 amide bonds. The number of rotatable bonds is 10. The zero-order valence-corrected chi connectivity index (χ0v) is 15.1. The quantitative estimate of drug-likeness (QED) is 0.500. The molecule has 23 heavy (non-hydrogen) atoms. The predicted octanol–water partition coefficient (Wildman–Crippen LogP) is 4.60. The van der Waals surface area contributed by atoms with E-state index >= 15 is 0 Å². The van der Waals surface area contributed by atoms with E-state index in [1.54, 1.807) is 13.0 Å². The van der Waals surface area contributed by atoms with Crippen LogP contribution in [0.1, 0.15) is 32.8 Å². The summed E-state index contributed by atoms with van der Waals surface area (Å²) in [5.41, 5.74) is 1.35. The monoisotopic (exact) mass is 338 g/mol. The molecule has 1 atom stereocenters. The molecule has 0 heterocycles. The van der Waals surface area contributed by atoms with Gasteiger partial charge in [0.2, 0.25) is 7.37 Å². The van der Waals surface area contributed by atoms with Gasteiger partial charge in [0.15, 0.2) is 0 Å². The summed E-state index contributed by atoms with van der Waals surface area (Å²) in [5.74, 6) is -0.812. The highest BCUT2D eigenvalue weighted by Crippen LogP contribution is 2.50. The molecule has 0 fully saturated rings. The molecule has 1 N–H and O–H groups in total. The lowest BCUT2D eigenvalue weighted by molar-refractivity contribution is -0.132. The van der Waals surface area contributed by atoms with Gasteiger partial charge >= 0.3 is 5.97 Å². The SMILES string of the molecule is CCOP(=O)(C/C(=C\CCc1ccccc1)C(=O)O)CC(C)C. The largest absolute Gasteiger partial charge is 0.478 e. The molecule has 0 aromatic heterocycles.